The third-order valence-corrected chi connectivity index (χ3v) is 3.59. The third-order valence-electron chi connectivity index (χ3n) is 3.59. The predicted molar refractivity (Wildman–Crippen MR) is 68.1 cm³/mol. The molecule has 112 valence electrons. The lowest BCUT2D eigenvalue weighted by molar-refractivity contribution is -0.137. The van der Waals surface area contributed by atoms with Gasteiger partial charge < -0.3 is 10.2 Å². The maximum absolute atomic E-state index is 12.7. The minimum Gasteiger partial charge on any atom is -0.392 e. The Bertz CT molecular complexity index is 474. The Morgan fingerprint density at radius 2 is 1.95 bits per heavy atom. The molecule has 1 fully saturated rings. The highest BCUT2D eigenvalue weighted by molar-refractivity contribution is 5.29. The smallest absolute Gasteiger partial charge is 0.392 e. The van der Waals surface area contributed by atoms with Crippen molar-refractivity contribution in [2.45, 2.75) is 31.2 Å². The van der Waals surface area contributed by atoms with E-state index in [1.54, 1.807) is 0 Å². The van der Waals surface area contributed by atoms with Crippen LogP contribution in [0.25, 0.3) is 0 Å². The first-order chi connectivity index (χ1) is 9.18. The lowest BCUT2D eigenvalue weighted by atomic mass is 9.93. The standard InChI is InChI=1S/C14H18F3NO2/c1-13(20,9-18-6-5-12(19)8-18)10-3-2-4-11(7-10)14(15,16)17/h2-4,7,12,19-20H,5-6,8-9H2,1H3/t12-,13?/m0/s1. The van der Waals surface area contributed by atoms with Gasteiger partial charge in [-0.05, 0) is 31.0 Å². The monoisotopic (exact) mass is 289 g/mol. The molecule has 1 unspecified atom stereocenters. The summed E-state index contributed by atoms with van der Waals surface area (Å²) in [5, 5.41) is 19.9. The van der Waals surface area contributed by atoms with E-state index in [9.17, 15) is 23.4 Å². The van der Waals surface area contributed by atoms with Crippen LogP contribution >= 0.6 is 0 Å². The fourth-order valence-electron chi connectivity index (χ4n) is 2.51. The topological polar surface area (TPSA) is 43.7 Å². The number of alkyl halides is 3. The largest absolute Gasteiger partial charge is 0.416 e. The molecule has 3 nitrogen and oxygen atoms in total. The molecule has 0 saturated carbocycles. The van der Waals surface area contributed by atoms with Crippen LogP contribution in [0.1, 0.15) is 24.5 Å². The van der Waals surface area contributed by atoms with Crippen molar-refractivity contribution in [1.82, 2.24) is 4.90 Å². The summed E-state index contributed by atoms with van der Waals surface area (Å²) in [7, 11) is 0. The van der Waals surface area contributed by atoms with E-state index < -0.39 is 23.4 Å². The van der Waals surface area contributed by atoms with Gasteiger partial charge in [0, 0.05) is 19.6 Å². The zero-order valence-corrected chi connectivity index (χ0v) is 11.2. The van der Waals surface area contributed by atoms with Crippen LogP contribution < -0.4 is 0 Å². The number of hydrogen-bond donors (Lipinski definition) is 2. The number of rotatable bonds is 3. The van der Waals surface area contributed by atoms with Crippen LogP contribution in [-0.4, -0.2) is 40.9 Å². The van der Waals surface area contributed by atoms with Crippen molar-refractivity contribution < 1.29 is 23.4 Å². The molecule has 20 heavy (non-hydrogen) atoms. The second-order valence-electron chi connectivity index (χ2n) is 5.53. The number of halogens is 3. The summed E-state index contributed by atoms with van der Waals surface area (Å²) in [6, 6.07) is 4.75. The molecule has 2 atom stereocenters. The van der Waals surface area contributed by atoms with Crippen LogP contribution in [0.5, 0.6) is 0 Å². The van der Waals surface area contributed by atoms with Gasteiger partial charge in [-0.15, -0.1) is 0 Å². The molecule has 0 radical (unpaired) electrons. The van der Waals surface area contributed by atoms with Gasteiger partial charge in [-0.3, -0.25) is 4.90 Å². The fourth-order valence-corrected chi connectivity index (χ4v) is 2.51. The maximum Gasteiger partial charge on any atom is 0.416 e. The third kappa shape index (κ3) is 3.50. The van der Waals surface area contributed by atoms with Gasteiger partial charge in [0.05, 0.1) is 17.3 Å². The van der Waals surface area contributed by atoms with E-state index in [-0.39, 0.29) is 12.1 Å². The van der Waals surface area contributed by atoms with Crippen molar-refractivity contribution in [3.63, 3.8) is 0 Å². The van der Waals surface area contributed by atoms with E-state index in [4.69, 9.17) is 0 Å². The molecule has 1 aliphatic rings. The van der Waals surface area contributed by atoms with Crippen molar-refractivity contribution in [2.24, 2.45) is 0 Å². The highest BCUT2D eigenvalue weighted by Gasteiger charge is 2.34. The Kier molecular flexibility index (Phi) is 4.09. The van der Waals surface area contributed by atoms with E-state index in [2.05, 4.69) is 0 Å². The molecule has 1 heterocycles. The average Bonchev–Trinajstić information content (AvgIpc) is 2.73. The van der Waals surface area contributed by atoms with Crippen LogP contribution in [0.15, 0.2) is 24.3 Å². The van der Waals surface area contributed by atoms with Crippen molar-refractivity contribution in [2.75, 3.05) is 19.6 Å². The van der Waals surface area contributed by atoms with Gasteiger partial charge >= 0.3 is 6.18 Å². The van der Waals surface area contributed by atoms with E-state index in [0.717, 1.165) is 12.1 Å². The van der Waals surface area contributed by atoms with Crippen LogP contribution in [0.4, 0.5) is 13.2 Å². The molecule has 1 saturated heterocycles. The summed E-state index contributed by atoms with van der Waals surface area (Å²) in [5.41, 5.74) is -1.92. The number of aliphatic hydroxyl groups excluding tert-OH is 1. The molecule has 1 aromatic rings. The van der Waals surface area contributed by atoms with Crippen LogP contribution in [-0.2, 0) is 11.8 Å². The molecule has 0 bridgehead atoms. The lowest BCUT2D eigenvalue weighted by Gasteiger charge is -2.29. The van der Waals surface area contributed by atoms with Crippen molar-refractivity contribution in [1.29, 1.82) is 0 Å². The van der Waals surface area contributed by atoms with Crippen LogP contribution in [0, 0.1) is 0 Å². The van der Waals surface area contributed by atoms with E-state index in [1.165, 1.54) is 19.1 Å². The first-order valence-corrected chi connectivity index (χ1v) is 6.49. The van der Waals surface area contributed by atoms with Gasteiger partial charge in [0.1, 0.15) is 0 Å². The van der Waals surface area contributed by atoms with Gasteiger partial charge in [-0.1, -0.05) is 12.1 Å². The molecule has 0 aromatic heterocycles. The Morgan fingerprint density at radius 3 is 2.50 bits per heavy atom. The van der Waals surface area contributed by atoms with Gasteiger partial charge in [0.2, 0.25) is 0 Å². The SMILES string of the molecule is CC(O)(CN1CC[C@H](O)C1)c1cccc(C(F)(F)F)c1. The molecular formula is C14H18F3NO2. The number of β-amino-alcohol motifs (C(OH)–C–C–N with tert-alkyl or cyclic N) is 2. The van der Waals surface area contributed by atoms with E-state index in [1.807, 2.05) is 4.90 Å². The Labute approximate surface area is 115 Å². The molecule has 1 aromatic carbocycles. The van der Waals surface area contributed by atoms with E-state index in [0.29, 0.717) is 19.5 Å². The van der Waals surface area contributed by atoms with Crippen LogP contribution in [0.2, 0.25) is 0 Å². The predicted octanol–water partition coefficient (Wildman–Crippen LogP) is 1.98. The van der Waals surface area contributed by atoms with Crippen molar-refractivity contribution in [3.05, 3.63) is 35.4 Å². The molecule has 0 aliphatic carbocycles. The molecule has 1 aliphatic heterocycles. The molecule has 0 amide bonds. The Morgan fingerprint density at radius 1 is 1.30 bits per heavy atom. The zero-order valence-electron chi connectivity index (χ0n) is 11.2. The highest BCUT2D eigenvalue weighted by atomic mass is 19.4. The van der Waals surface area contributed by atoms with Crippen molar-refractivity contribution >= 4 is 0 Å². The van der Waals surface area contributed by atoms with Gasteiger partial charge in [0.25, 0.3) is 0 Å². The maximum atomic E-state index is 12.7. The fraction of sp³-hybridized carbons (Fsp3) is 0.571. The molecule has 0 spiro atoms. The molecule has 2 rings (SSSR count). The summed E-state index contributed by atoms with van der Waals surface area (Å²) in [4.78, 5) is 1.85. The number of likely N-dealkylation sites (tertiary alicyclic amines) is 1. The minimum atomic E-state index is -4.42. The number of nitrogens with zero attached hydrogens (tertiary/aromatic N) is 1. The molecule has 2 N–H and O–H groups in total. The normalized spacial score (nSPS) is 23.8. The summed E-state index contributed by atoms with van der Waals surface area (Å²) in [6.45, 7) is 2.77. The average molecular weight is 289 g/mol. The van der Waals surface area contributed by atoms with E-state index >= 15 is 0 Å². The van der Waals surface area contributed by atoms with Gasteiger partial charge in [-0.2, -0.15) is 13.2 Å². The second kappa shape index (κ2) is 5.35. The number of aliphatic hydroxyl groups is 2. The summed E-state index contributed by atoms with van der Waals surface area (Å²) >= 11 is 0. The first-order valence-electron chi connectivity index (χ1n) is 6.49. The number of hydrogen-bond acceptors (Lipinski definition) is 3. The zero-order chi connectivity index (χ0) is 15.0. The highest BCUT2D eigenvalue weighted by Crippen LogP contribution is 2.32. The first kappa shape index (κ1) is 15.3. The summed E-state index contributed by atoms with van der Waals surface area (Å²) in [6.07, 6.45) is -4.22. The second-order valence-corrected chi connectivity index (χ2v) is 5.53. The van der Waals surface area contributed by atoms with Crippen molar-refractivity contribution in [3.8, 4) is 0 Å². The van der Waals surface area contributed by atoms with Gasteiger partial charge in [0.15, 0.2) is 0 Å². The summed E-state index contributed by atoms with van der Waals surface area (Å²) < 4.78 is 38.1. The minimum absolute atomic E-state index is 0.200. The lowest BCUT2D eigenvalue weighted by Crippen LogP contribution is -2.38. The Balaban J connectivity index is 2.16. The summed E-state index contributed by atoms with van der Waals surface area (Å²) in [5.74, 6) is 0. The molecule has 6 heteroatoms. The quantitative estimate of drug-likeness (QED) is 0.894. The molecular weight excluding hydrogens is 271 g/mol. The Hall–Kier alpha value is -1.11. The number of benzene rings is 1. The van der Waals surface area contributed by atoms with Crippen LogP contribution in [0.3, 0.4) is 0 Å². The van der Waals surface area contributed by atoms with Gasteiger partial charge in [-0.25, -0.2) is 0 Å².